The minimum atomic E-state index is 0.691. The molecule has 0 aliphatic rings. The zero-order valence-corrected chi connectivity index (χ0v) is 27.8. The summed E-state index contributed by atoms with van der Waals surface area (Å²) in [5.41, 5.74) is 0. The SMILES string of the molecule is CCCCN(CCCC)C(C)C(CC)CNCCCCCCNCC(CC)C(C)N(CCCC)CCCC. The van der Waals surface area contributed by atoms with Crippen LogP contribution < -0.4 is 10.6 Å². The molecule has 2 N–H and O–H groups in total. The summed E-state index contributed by atoms with van der Waals surface area (Å²) >= 11 is 0. The van der Waals surface area contributed by atoms with Crippen LogP contribution in [-0.2, 0) is 0 Å². The van der Waals surface area contributed by atoms with Gasteiger partial charge in [-0.05, 0) is 117 Å². The third-order valence-electron chi connectivity index (χ3n) is 9.03. The van der Waals surface area contributed by atoms with Crippen LogP contribution in [0.2, 0.25) is 0 Å². The molecule has 0 aromatic carbocycles. The van der Waals surface area contributed by atoms with Gasteiger partial charge in [0.25, 0.3) is 0 Å². The van der Waals surface area contributed by atoms with Crippen LogP contribution in [0.1, 0.15) is 145 Å². The maximum Gasteiger partial charge on any atom is 0.0107 e. The Morgan fingerprint density at radius 3 is 1.03 bits per heavy atom. The molecule has 0 rings (SSSR count). The van der Waals surface area contributed by atoms with Crippen LogP contribution in [0.3, 0.4) is 0 Å². The number of unbranched alkanes of at least 4 members (excludes halogenated alkanes) is 7. The lowest BCUT2D eigenvalue weighted by Crippen LogP contribution is -2.43. The second kappa shape index (κ2) is 27.0. The molecule has 4 atom stereocenters. The quantitative estimate of drug-likeness (QED) is 0.0937. The van der Waals surface area contributed by atoms with E-state index in [0.29, 0.717) is 12.1 Å². The lowest BCUT2D eigenvalue weighted by molar-refractivity contribution is 0.144. The average Bonchev–Trinajstić information content (AvgIpc) is 2.93. The lowest BCUT2D eigenvalue weighted by atomic mass is 9.96. The van der Waals surface area contributed by atoms with Gasteiger partial charge in [-0.1, -0.05) is 92.9 Å². The predicted octanol–water partition coefficient (Wildman–Crippen LogP) is 8.36. The summed E-state index contributed by atoms with van der Waals surface area (Å²) in [4.78, 5) is 5.54. The van der Waals surface area contributed by atoms with E-state index < -0.39 is 0 Å². The van der Waals surface area contributed by atoms with Gasteiger partial charge in [0.05, 0.1) is 0 Å². The molecule has 0 saturated heterocycles. The summed E-state index contributed by atoms with van der Waals surface area (Å²) in [5.74, 6) is 1.53. The Labute approximate surface area is 241 Å². The highest BCUT2D eigenvalue weighted by Gasteiger charge is 2.22. The van der Waals surface area contributed by atoms with Gasteiger partial charge in [0, 0.05) is 12.1 Å². The van der Waals surface area contributed by atoms with Crippen molar-refractivity contribution in [2.75, 3.05) is 52.4 Å². The molecule has 0 aliphatic heterocycles. The molecule has 0 aromatic rings. The molecular formula is C34H74N4. The highest BCUT2D eigenvalue weighted by molar-refractivity contribution is 4.78. The van der Waals surface area contributed by atoms with Crippen LogP contribution >= 0.6 is 0 Å². The van der Waals surface area contributed by atoms with Gasteiger partial charge in [-0.2, -0.15) is 0 Å². The number of rotatable bonds is 29. The smallest absolute Gasteiger partial charge is 0.0107 e. The average molecular weight is 539 g/mol. The molecule has 0 bridgehead atoms. The minimum absolute atomic E-state index is 0.691. The van der Waals surface area contributed by atoms with Crippen molar-refractivity contribution in [3.05, 3.63) is 0 Å². The first-order chi connectivity index (χ1) is 18.5. The van der Waals surface area contributed by atoms with E-state index in [2.05, 4.69) is 75.8 Å². The molecule has 38 heavy (non-hydrogen) atoms. The van der Waals surface area contributed by atoms with Gasteiger partial charge >= 0.3 is 0 Å². The van der Waals surface area contributed by atoms with Crippen molar-refractivity contribution in [2.24, 2.45) is 11.8 Å². The van der Waals surface area contributed by atoms with Crippen molar-refractivity contribution in [1.82, 2.24) is 20.4 Å². The number of hydrogen-bond donors (Lipinski definition) is 2. The monoisotopic (exact) mass is 539 g/mol. The van der Waals surface area contributed by atoms with Crippen LogP contribution in [0.4, 0.5) is 0 Å². The topological polar surface area (TPSA) is 30.5 Å². The van der Waals surface area contributed by atoms with E-state index >= 15 is 0 Å². The van der Waals surface area contributed by atoms with E-state index in [4.69, 9.17) is 0 Å². The Bertz CT molecular complexity index is 413. The Morgan fingerprint density at radius 1 is 0.447 bits per heavy atom. The van der Waals surface area contributed by atoms with Gasteiger partial charge in [-0.3, -0.25) is 0 Å². The van der Waals surface area contributed by atoms with Crippen LogP contribution in [0.15, 0.2) is 0 Å². The summed E-state index contributed by atoms with van der Waals surface area (Å²) in [5, 5.41) is 7.63. The summed E-state index contributed by atoms with van der Waals surface area (Å²) in [7, 11) is 0. The van der Waals surface area contributed by atoms with Gasteiger partial charge in [0.2, 0.25) is 0 Å². The fourth-order valence-electron chi connectivity index (χ4n) is 5.82. The minimum Gasteiger partial charge on any atom is -0.316 e. The first-order valence-electron chi connectivity index (χ1n) is 17.4. The van der Waals surface area contributed by atoms with Gasteiger partial charge in [0.1, 0.15) is 0 Å². The van der Waals surface area contributed by atoms with Crippen molar-refractivity contribution in [1.29, 1.82) is 0 Å². The fourth-order valence-corrected chi connectivity index (χ4v) is 5.82. The van der Waals surface area contributed by atoms with Crippen LogP contribution in [-0.4, -0.2) is 74.2 Å². The zero-order valence-electron chi connectivity index (χ0n) is 27.8. The van der Waals surface area contributed by atoms with Gasteiger partial charge in [-0.25, -0.2) is 0 Å². The lowest BCUT2D eigenvalue weighted by Gasteiger charge is -2.35. The molecule has 230 valence electrons. The molecule has 0 fully saturated rings. The highest BCUT2D eigenvalue weighted by Crippen LogP contribution is 2.18. The van der Waals surface area contributed by atoms with Gasteiger partial charge < -0.3 is 20.4 Å². The Morgan fingerprint density at radius 2 is 0.763 bits per heavy atom. The van der Waals surface area contributed by atoms with Crippen molar-refractivity contribution in [3.63, 3.8) is 0 Å². The van der Waals surface area contributed by atoms with Crippen molar-refractivity contribution in [3.8, 4) is 0 Å². The Hall–Kier alpha value is -0.160. The Balaban J connectivity index is 4.12. The first-order valence-corrected chi connectivity index (χ1v) is 17.4. The highest BCUT2D eigenvalue weighted by atomic mass is 15.2. The van der Waals surface area contributed by atoms with Gasteiger partial charge in [0.15, 0.2) is 0 Å². The zero-order chi connectivity index (χ0) is 28.4. The van der Waals surface area contributed by atoms with E-state index in [1.54, 1.807) is 0 Å². The molecule has 0 spiro atoms. The fraction of sp³-hybridized carbons (Fsp3) is 1.00. The van der Waals surface area contributed by atoms with Crippen LogP contribution in [0.5, 0.6) is 0 Å². The number of nitrogens with one attached hydrogen (secondary N) is 2. The molecule has 4 unspecified atom stereocenters. The van der Waals surface area contributed by atoms with Crippen molar-refractivity contribution >= 4 is 0 Å². The predicted molar refractivity (Wildman–Crippen MR) is 173 cm³/mol. The van der Waals surface area contributed by atoms with Crippen LogP contribution in [0, 0.1) is 11.8 Å². The molecule has 0 heterocycles. The summed E-state index contributed by atoms with van der Waals surface area (Å²) < 4.78 is 0. The maximum absolute atomic E-state index is 3.81. The second-order valence-corrected chi connectivity index (χ2v) is 12.1. The third kappa shape index (κ3) is 18.2. The van der Waals surface area contributed by atoms with Gasteiger partial charge in [-0.15, -0.1) is 0 Å². The second-order valence-electron chi connectivity index (χ2n) is 12.1. The number of nitrogens with zero attached hydrogens (tertiary/aromatic N) is 2. The standard InChI is InChI=1S/C34H74N4/c1-9-15-25-37(26-16-10-2)31(7)33(13-5)29-35-23-21-19-20-22-24-36-30-34(14-6)32(8)38(27-17-11-3)28-18-12-4/h31-36H,9-30H2,1-8H3. The van der Waals surface area contributed by atoms with E-state index in [-0.39, 0.29) is 0 Å². The normalized spacial score (nSPS) is 15.3. The van der Waals surface area contributed by atoms with E-state index in [1.165, 1.54) is 142 Å². The van der Waals surface area contributed by atoms with E-state index in [1.807, 2.05) is 0 Å². The molecule has 4 heteroatoms. The van der Waals surface area contributed by atoms with Crippen LogP contribution in [0.25, 0.3) is 0 Å². The third-order valence-corrected chi connectivity index (χ3v) is 9.03. The number of hydrogen-bond acceptors (Lipinski definition) is 4. The Kier molecular flexibility index (Phi) is 26.9. The molecule has 4 nitrogen and oxygen atoms in total. The van der Waals surface area contributed by atoms with Crippen molar-refractivity contribution in [2.45, 2.75) is 157 Å². The molecule has 0 saturated carbocycles. The molecular weight excluding hydrogens is 464 g/mol. The molecule has 0 radical (unpaired) electrons. The molecule has 0 aromatic heterocycles. The molecule has 0 amide bonds. The van der Waals surface area contributed by atoms with E-state index in [9.17, 15) is 0 Å². The first kappa shape index (κ1) is 37.8. The summed E-state index contributed by atoms with van der Waals surface area (Å²) in [6.45, 7) is 28.8. The largest absolute Gasteiger partial charge is 0.316 e. The maximum atomic E-state index is 3.81. The summed E-state index contributed by atoms with van der Waals surface area (Å²) in [6, 6.07) is 1.38. The van der Waals surface area contributed by atoms with Crippen molar-refractivity contribution < 1.29 is 0 Å². The molecule has 0 aliphatic carbocycles. The van der Waals surface area contributed by atoms with E-state index in [0.717, 1.165) is 11.8 Å². The summed E-state index contributed by atoms with van der Waals surface area (Å²) in [6.07, 6.45) is 18.4.